The predicted molar refractivity (Wildman–Crippen MR) is 91.7 cm³/mol. The van der Waals surface area contributed by atoms with Crippen LogP contribution in [0.4, 0.5) is 0 Å². The van der Waals surface area contributed by atoms with Gasteiger partial charge in [0.25, 0.3) is 0 Å². The first-order chi connectivity index (χ1) is 11.3. The summed E-state index contributed by atoms with van der Waals surface area (Å²) in [7, 11) is 0. The lowest BCUT2D eigenvalue weighted by molar-refractivity contribution is 0.0850. The molecule has 1 aliphatic rings. The fourth-order valence-corrected chi connectivity index (χ4v) is 3.01. The Morgan fingerprint density at radius 1 is 1.21 bits per heavy atom. The minimum atomic E-state index is -0.000603. The Bertz CT molecular complexity index is 663. The second-order valence-electron chi connectivity index (χ2n) is 7.73. The molecule has 6 nitrogen and oxygen atoms in total. The molecule has 0 aromatic carbocycles. The number of hydrogen-bond donors (Lipinski definition) is 0. The van der Waals surface area contributed by atoms with Crippen molar-refractivity contribution in [2.24, 2.45) is 0 Å². The van der Waals surface area contributed by atoms with Gasteiger partial charge in [0.1, 0.15) is 11.5 Å². The molecule has 3 rings (SSSR count). The molecule has 1 saturated heterocycles. The van der Waals surface area contributed by atoms with Crippen LogP contribution in [-0.4, -0.2) is 46.1 Å². The van der Waals surface area contributed by atoms with Gasteiger partial charge in [-0.25, -0.2) is 4.98 Å². The maximum absolute atomic E-state index is 6.00. The second-order valence-corrected chi connectivity index (χ2v) is 7.73. The van der Waals surface area contributed by atoms with Crippen LogP contribution in [0.3, 0.4) is 0 Å². The van der Waals surface area contributed by atoms with Gasteiger partial charge in [-0.1, -0.05) is 25.9 Å². The van der Waals surface area contributed by atoms with E-state index in [-0.39, 0.29) is 11.5 Å². The third kappa shape index (κ3) is 3.87. The lowest BCUT2D eigenvalue weighted by Gasteiger charge is -2.36. The Labute approximate surface area is 143 Å². The average Bonchev–Trinajstić information content (AvgIpc) is 3.16. The van der Waals surface area contributed by atoms with Gasteiger partial charge in [0, 0.05) is 44.2 Å². The van der Waals surface area contributed by atoms with E-state index in [1.165, 1.54) is 0 Å². The van der Waals surface area contributed by atoms with Crippen molar-refractivity contribution >= 4 is 0 Å². The zero-order chi connectivity index (χ0) is 17.3. The molecule has 6 heteroatoms. The highest BCUT2D eigenvalue weighted by molar-refractivity contribution is 5.08. The van der Waals surface area contributed by atoms with E-state index >= 15 is 0 Å². The zero-order valence-corrected chi connectivity index (χ0v) is 15.4. The number of hydrogen-bond acceptors (Lipinski definition) is 6. The van der Waals surface area contributed by atoms with Gasteiger partial charge in [-0.05, 0) is 13.8 Å². The quantitative estimate of drug-likeness (QED) is 0.857. The molecule has 0 N–H and O–H groups in total. The van der Waals surface area contributed by atoms with E-state index in [9.17, 15) is 0 Å². The molecule has 1 aliphatic heterocycles. The molecule has 0 amide bonds. The Morgan fingerprint density at radius 3 is 2.46 bits per heavy atom. The first kappa shape index (κ1) is 17.2. The van der Waals surface area contributed by atoms with Gasteiger partial charge in [-0.3, -0.25) is 9.80 Å². The molecule has 2 aromatic heterocycles. The summed E-state index contributed by atoms with van der Waals surface area (Å²) in [5.74, 6) is 2.64. The first-order valence-electron chi connectivity index (χ1n) is 8.68. The normalized spacial score (nSPS) is 18.9. The van der Waals surface area contributed by atoms with Gasteiger partial charge in [0.2, 0.25) is 5.89 Å². The SMILES string of the molecule is Cc1cc(CN2CCN([C@@H](C)c3ncc(C(C)(C)C)o3)CC2)no1. The van der Waals surface area contributed by atoms with Crippen LogP contribution in [0.2, 0.25) is 0 Å². The molecular weight excluding hydrogens is 304 g/mol. The standard InChI is InChI=1S/C18H28N4O2/c1-13-10-15(20-24-13)12-21-6-8-22(9-7-21)14(2)17-19-11-16(23-17)18(3,4)5/h10-11,14H,6-9,12H2,1-5H3/t14-/m0/s1. The molecule has 0 aliphatic carbocycles. The Hall–Kier alpha value is -1.66. The summed E-state index contributed by atoms with van der Waals surface area (Å²) in [6.07, 6.45) is 1.87. The Morgan fingerprint density at radius 2 is 1.92 bits per heavy atom. The van der Waals surface area contributed by atoms with E-state index in [4.69, 9.17) is 8.94 Å². The second kappa shape index (κ2) is 6.69. The molecule has 0 unspecified atom stereocenters. The monoisotopic (exact) mass is 332 g/mol. The predicted octanol–water partition coefficient (Wildman–Crippen LogP) is 3.15. The highest BCUT2D eigenvalue weighted by Crippen LogP contribution is 2.27. The van der Waals surface area contributed by atoms with E-state index in [0.29, 0.717) is 0 Å². The highest BCUT2D eigenvalue weighted by atomic mass is 16.5. The number of oxazole rings is 1. The minimum Gasteiger partial charge on any atom is -0.443 e. The van der Waals surface area contributed by atoms with E-state index in [2.05, 4.69) is 47.6 Å². The molecular formula is C18H28N4O2. The van der Waals surface area contributed by atoms with Crippen LogP contribution in [0.1, 0.15) is 56.8 Å². The molecule has 3 heterocycles. The van der Waals surface area contributed by atoms with E-state index in [0.717, 1.165) is 55.8 Å². The van der Waals surface area contributed by atoms with Crippen molar-refractivity contribution in [2.75, 3.05) is 26.2 Å². The summed E-state index contributed by atoms with van der Waals surface area (Å²) in [5.41, 5.74) is 1.01. The third-order valence-corrected chi connectivity index (χ3v) is 4.64. The number of aryl methyl sites for hydroxylation is 1. The van der Waals surface area contributed by atoms with Crippen molar-refractivity contribution in [1.29, 1.82) is 0 Å². The number of piperazine rings is 1. The van der Waals surface area contributed by atoms with Crippen LogP contribution in [0.25, 0.3) is 0 Å². The van der Waals surface area contributed by atoms with Crippen molar-refractivity contribution in [1.82, 2.24) is 19.9 Å². The number of nitrogens with zero attached hydrogens (tertiary/aromatic N) is 4. The molecule has 0 spiro atoms. The summed E-state index contributed by atoms with van der Waals surface area (Å²) in [4.78, 5) is 9.35. The molecule has 132 valence electrons. The van der Waals surface area contributed by atoms with Crippen LogP contribution in [0.15, 0.2) is 21.2 Å². The van der Waals surface area contributed by atoms with Crippen molar-refractivity contribution in [3.63, 3.8) is 0 Å². The highest BCUT2D eigenvalue weighted by Gasteiger charge is 2.27. The van der Waals surface area contributed by atoms with Crippen LogP contribution in [-0.2, 0) is 12.0 Å². The van der Waals surface area contributed by atoms with Crippen LogP contribution < -0.4 is 0 Å². The molecule has 24 heavy (non-hydrogen) atoms. The van der Waals surface area contributed by atoms with Crippen LogP contribution in [0, 0.1) is 6.92 Å². The molecule has 1 fully saturated rings. The smallest absolute Gasteiger partial charge is 0.211 e. The van der Waals surface area contributed by atoms with E-state index in [1.807, 2.05) is 19.2 Å². The van der Waals surface area contributed by atoms with Crippen molar-refractivity contribution in [3.05, 3.63) is 35.4 Å². The number of aromatic nitrogens is 2. The molecule has 2 aromatic rings. The van der Waals surface area contributed by atoms with Gasteiger partial charge >= 0.3 is 0 Å². The van der Waals surface area contributed by atoms with Crippen molar-refractivity contribution < 1.29 is 8.94 Å². The average molecular weight is 332 g/mol. The lowest BCUT2D eigenvalue weighted by atomic mass is 9.94. The topological polar surface area (TPSA) is 58.5 Å². The maximum Gasteiger partial charge on any atom is 0.211 e. The van der Waals surface area contributed by atoms with Crippen molar-refractivity contribution in [2.45, 2.75) is 52.6 Å². The molecule has 0 radical (unpaired) electrons. The first-order valence-corrected chi connectivity index (χ1v) is 8.68. The summed E-state index contributed by atoms with van der Waals surface area (Å²) in [5, 5.41) is 4.08. The number of rotatable bonds is 4. The molecule has 0 bridgehead atoms. The van der Waals surface area contributed by atoms with E-state index in [1.54, 1.807) is 0 Å². The zero-order valence-electron chi connectivity index (χ0n) is 15.4. The summed E-state index contributed by atoms with van der Waals surface area (Å²) >= 11 is 0. The van der Waals surface area contributed by atoms with Crippen LogP contribution >= 0.6 is 0 Å². The maximum atomic E-state index is 6.00. The molecule has 1 atom stereocenters. The summed E-state index contributed by atoms with van der Waals surface area (Å²) in [6.45, 7) is 15.4. The van der Waals surface area contributed by atoms with Gasteiger partial charge in [-0.2, -0.15) is 0 Å². The van der Waals surface area contributed by atoms with Gasteiger partial charge in [-0.15, -0.1) is 0 Å². The third-order valence-electron chi connectivity index (χ3n) is 4.64. The van der Waals surface area contributed by atoms with E-state index < -0.39 is 0 Å². The Balaban J connectivity index is 1.55. The fraction of sp³-hybridized carbons (Fsp3) is 0.667. The largest absolute Gasteiger partial charge is 0.443 e. The minimum absolute atomic E-state index is 0.000603. The van der Waals surface area contributed by atoms with Crippen molar-refractivity contribution in [3.8, 4) is 0 Å². The van der Waals surface area contributed by atoms with Gasteiger partial charge in [0.15, 0.2) is 0 Å². The lowest BCUT2D eigenvalue weighted by Crippen LogP contribution is -2.46. The fourth-order valence-electron chi connectivity index (χ4n) is 3.01. The Kier molecular flexibility index (Phi) is 4.78. The van der Waals surface area contributed by atoms with Gasteiger partial charge in [0.05, 0.1) is 17.9 Å². The molecule has 0 saturated carbocycles. The summed E-state index contributed by atoms with van der Waals surface area (Å²) in [6, 6.07) is 2.22. The van der Waals surface area contributed by atoms with Gasteiger partial charge < -0.3 is 8.94 Å². The summed E-state index contributed by atoms with van der Waals surface area (Å²) < 4.78 is 11.1. The van der Waals surface area contributed by atoms with Crippen LogP contribution in [0.5, 0.6) is 0 Å².